The topological polar surface area (TPSA) is 66.4 Å². The average Bonchev–Trinajstić information content (AvgIpc) is 1.95. The highest BCUT2D eigenvalue weighted by Crippen LogP contribution is 2.27. The minimum Gasteiger partial charge on any atom is -0.481 e. The predicted molar refractivity (Wildman–Crippen MR) is 47.1 cm³/mol. The van der Waals surface area contributed by atoms with Gasteiger partial charge < -0.3 is 10.4 Å². The molecule has 0 unspecified atom stereocenters. The molecule has 1 aliphatic carbocycles. The molecule has 1 saturated carbocycles. The molecule has 4 nitrogen and oxygen atoms in total. The molecule has 0 saturated heterocycles. The molecule has 4 heteroatoms. The van der Waals surface area contributed by atoms with Crippen LogP contribution in [0.2, 0.25) is 0 Å². The molecule has 0 spiro atoms. The fourth-order valence-corrected chi connectivity index (χ4v) is 1.34. The van der Waals surface area contributed by atoms with Crippen molar-refractivity contribution in [2.45, 2.75) is 25.8 Å². The van der Waals surface area contributed by atoms with Crippen molar-refractivity contribution in [1.29, 1.82) is 0 Å². The summed E-state index contributed by atoms with van der Waals surface area (Å²) < 4.78 is 0. The molecule has 0 aromatic carbocycles. The maximum Gasteiger partial charge on any atom is 0.306 e. The lowest BCUT2D eigenvalue weighted by molar-refractivity contribution is -0.146. The zero-order chi connectivity index (χ0) is 9.84. The Morgan fingerprint density at radius 3 is 2.54 bits per heavy atom. The van der Waals surface area contributed by atoms with Crippen molar-refractivity contribution < 1.29 is 14.7 Å². The van der Waals surface area contributed by atoms with Crippen LogP contribution in [0, 0.1) is 5.92 Å². The van der Waals surface area contributed by atoms with Gasteiger partial charge in [0.2, 0.25) is 5.91 Å². The summed E-state index contributed by atoms with van der Waals surface area (Å²) >= 11 is 0. The van der Waals surface area contributed by atoms with Gasteiger partial charge >= 0.3 is 5.97 Å². The normalized spacial score (nSPS) is 26.8. The smallest absolute Gasteiger partial charge is 0.306 e. The van der Waals surface area contributed by atoms with Gasteiger partial charge in [-0.3, -0.25) is 9.59 Å². The summed E-state index contributed by atoms with van der Waals surface area (Å²) in [7, 11) is 0. The highest BCUT2D eigenvalue weighted by atomic mass is 16.4. The summed E-state index contributed by atoms with van der Waals surface area (Å²) in [5.74, 6) is -1.18. The van der Waals surface area contributed by atoms with Gasteiger partial charge in [-0.15, -0.1) is 0 Å². The number of carboxylic acid groups (broad SMARTS) is 1. The van der Waals surface area contributed by atoms with Gasteiger partial charge in [-0.1, -0.05) is 6.08 Å². The Bertz CT molecular complexity index is 241. The van der Waals surface area contributed by atoms with Crippen molar-refractivity contribution in [1.82, 2.24) is 5.32 Å². The van der Waals surface area contributed by atoms with Crippen molar-refractivity contribution in [3.8, 4) is 0 Å². The Morgan fingerprint density at radius 2 is 2.08 bits per heavy atom. The van der Waals surface area contributed by atoms with Crippen LogP contribution < -0.4 is 5.32 Å². The standard InChI is InChI=1S/C9H13NO3/c1-2-3-8(11)10-7-4-6(5-7)9(12)13/h2-3,6-7H,4-5H2,1H3,(H,10,11)(H,12,13). The van der Waals surface area contributed by atoms with Crippen LogP contribution in [0.3, 0.4) is 0 Å². The fraction of sp³-hybridized carbons (Fsp3) is 0.556. The molecule has 2 N–H and O–H groups in total. The van der Waals surface area contributed by atoms with Crippen molar-refractivity contribution >= 4 is 11.9 Å². The van der Waals surface area contributed by atoms with Crippen LogP contribution in [0.4, 0.5) is 0 Å². The third-order valence-electron chi connectivity index (χ3n) is 2.15. The molecule has 1 aliphatic rings. The first-order valence-electron chi connectivity index (χ1n) is 4.29. The number of hydrogen-bond acceptors (Lipinski definition) is 2. The molecule has 0 heterocycles. The lowest BCUT2D eigenvalue weighted by Crippen LogP contribution is -2.46. The zero-order valence-corrected chi connectivity index (χ0v) is 7.49. The van der Waals surface area contributed by atoms with Crippen LogP contribution in [0.25, 0.3) is 0 Å². The summed E-state index contributed by atoms with van der Waals surface area (Å²) in [6, 6.07) is 0.0461. The quantitative estimate of drug-likeness (QED) is 0.627. The van der Waals surface area contributed by atoms with Crippen LogP contribution >= 0.6 is 0 Å². The van der Waals surface area contributed by atoms with Gasteiger partial charge in [0.05, 0.1) is 5.92 Å². The van der Waals surface area contributed by atoms with E-state index in [1.807, 2.05) is 0 Å². The zero-order valence-electron chi connectivity index (χ0n) is 7.49. The number of carbonyl (C=O) groups is 2. The molecule has 0 aromatic rings. The summed E-state index contributed by atoms with van der Waals surface area (Å²) in [5, 5.41) is 11.3. The number of carboxylic acids is 1. The number of rotatable bonds is 3. The van der Waals surface area contributed by atoms with Gasteiger partial charge in [-0.25, -0.2) is 0 Å². The van der Waals surface area contributed by atoms with Gasteiger partial charge in [0.25, 0.3) is 0 Å². The minimum absolute atomic E-state index is 0.0461. The number of nitrogens with one attached hydrogen (secondary N) is 1. The van der Waals surface area contributed by atoms with Crippen molar-refractivity contribution in [3.05, 3.63) is 12.2 Å². The summed E-state index contributed by atoms with van der Waals surface area (Å²) in [6.07, 6.45) is 4.20. The first-order chi connectivity index (χ1) is 6.13. The lowest BCUT2D eigenvalue weighted by atomic mass is 9.80. The predicted octanol–water partition coefficient (Wildman–Crippen LogP) is 0.542. The monoisotopic (exact) mass is 183 g/mol. The third-order valence-corrected chi connectivity index (χ3v) is 2.15. The van der Waals surface area contributed by atoms with E-state index < -0.39 is 5.97 Å². The molecule has 1 amide bonds. The molecule has 72 valence electrons. The summed E-state index contributed by atoms with van der Waals surface area (Å²) in [5.41, 5.74) is 0. The third kappa shape index (κ3) is 2.57. The second-order valence-corrected chi connectivity index (χ2v) is 3.21. The average molecular weight is 183 g/mol. The highest BCUT2D eigenvalue weighted by Gasteiger charge is 2.34. The number of allylic oxidation sites excluding steroid dienone is 1. The molecular weight excluding hydrogens is 170 g/mol. The largest absolute Gasteiger partial charge is 0.481 e. The minimum atomic E-state index is -0.767. The molecule has 0 radical (unpaired) electrons. The number of hydrogen-bond donors (Lipinski definition) is 2. The Balaban J connectivity index is 2.22. The van der Waals surface area contributed by atoms with Crippen LogP contribution in [-0.2, 0) is 9.59 Å². The van der Waals surface area contributed by atoms with Crippen LogP contribution in [0.1, 0.15) is 19.8 Å². The van der Waals surface area contributed by atoms with Gasteiger partial charge in [0, 0.05) is 6.04 Å². The number of aliphatic carboxylic acids is 1. The second kappa shape index (κ2) is 4.07. The van der Waals surface area contributed by atoms with E-state index in [-0.39, 0.29) is 17.9 Å². The summed E-state index contributed by atoms with van der Waals surface area (Å²) in [6.45, 7) is 1.76. The van der Waals surface area contributed by atoms with Crippen LogP contribution in [0.5, 0.6) is 0 Å². The molecule has 0 aliphatic heterocycles. The summed E-state index contributed by atoms with van der Waals surface area (Å²) in [4.78, 5) is 21.4. The molecule has 1 fully saturated rings. The van der Waals surface area contributed by atoms with Crippen LogP contribution in [-0.4, -0.2) is 23.0 Å². The van der Waals surface area contributed by atoms with E-state index in [4.69, 9.17) is 5.11 Å². The lowest BCUT2D eigenvalue weighted by Gasteiger charge is -2.32. The molecular formula is C9H13NO3. The number of amides is 1. The fourth-order valence-electron chi connectivity index (χ4n) is 1.34. The second-order valence-electron chi connectivity index (χ2n) is 3.21. The van der Waals surface area contributed by atoms with Gasteiger partial charge in [0.15, 0.2) is 0 Å². The van der Waals surface area contributed by atoms with E-state index in [9.17, 15) is 9.59 Å². The van der Waals surface area contributed by atoms with E-state index in [1.165, 1.54) is 6.08 Å². The first-order valence-corrected chi connectivity index (χ1v) is 4.29. The maximum atomic E-state index is 11.0. The van der Waals surface area contributed by atoms with E-state index in [1.54, 1.807) is 13.0 Å². The Hall–Kier alpha value is -1.32. The first kappa shape index (κ1) is 9.77. The molecule has 0 bridgehead atoms. The van der Waals surface area contributed by atoms with Gasteiger partial charge in [-0.2, -0.15) is 0 Å². The van der Waals surface area contributed by atoms with E-state index in [2.05, 4.69) is 5.32 Å². The van der Waals surface area contributed by atoms with Crippen molar-refractivity contribution in [2.75, 3.05) is 0 Å². The van der Waals surface area contributed by atoms with E-state index >= 15 is 0 Å². The molecule has 0 atom stereocenters. The molecule has 0 aromatic heterocycles. The Labute approximate surface area is 76.6 Å². The Morgan fingerprint density at radius 1 is 1.46 bits per heavy atom. The van der Waals surface area contributed by atoms with Crippen LogP contribution in [0.15, 0.2) is 12.2 Å². The maximum absolute atomic E-state index is 11.0. The highest BCUT2D eigenvalue weighted by molar-refractivity contribution is 5.87. The SMILES string of the molecule is CC=CC(=O)NC1CC(C(=O)O)C1. The Kier molecular flexibility index (Phi) is 3.06. The van der Waals surface area contributed by atoms with E-state index in [0.717, 1.165) is 0 Å². The van der Waals surface area contributed by atoms with Gasteiger partial charge in [0.1, 0.15) is 0 Å². The molecule has 1 rings (SSSR count). The number of carbonyl (C=O) groups excluding carboxylic acids is 1. The van der Waals surface area contributed by atoms with Crippen molar-refractivity contribution in [3.63, 3.8) is 0 Å². The van der Waals surface area contributed by atoms with E-state index in [0.29, 0.717) is 12.8 Å². The molecule has 13 heavy (non-hydrogen) atoms. The van der Waals surface area contributed by atoms with Gasteiger partial charge in [-0.05, 0) is 25.8 Å². The van der Waals surface area contributed by atoms with Crippen molar-refractivity contribution in [2.24, 2.45) is 5.92 Å².